The molecule has 1 amide bonds. The van der Waals surface area contributed by atoms with E-state index in [-0.39, 0.29) is 11.7 Å². The van der Waals surface area contributed by atoms with Crippen LogP contribution in [0, 0.1) is 5.92 Å². The number of halogens is 3. The lowest BCUT2D eigenvalue weighted by atomic mass is 10.00. The molecule has 1 aromatic heterocycles. The maximum absolute atomic E-state index is 12.8. The Morgan fingerprint density at radius 2 is 1.90 bits per heavy atom. The van der Waals surface area contributed by atoms with Crippen molar-refractivity contribution in [1.29, 1.82) is 0 Å². The van der Waals surface area contributed by atoms with Crippen molar-refractivity contribution in [2.24, 2.45) is 5.92 Å². The van der Waals surface area contributed by atoms with E-state index in [2.05, 4.69) is 10.3 Å². The van der Waals surface area contributed by atoms with Gasteiger partial charge in [0.05, 0.1) is 17.2 Å². The summed E-state index contributed by atoms with van der Waals surface area (Å²) in [4.78, 5) is 26.8. The van der Waals surface area contributed by atoms with E-state index in [1.807, 2.05) is 0 Å². The Labute approximate surface area is 114 Å². The van der Waals surface area contributed by atoms with Crippen LogP contribution in [0.1, 0.15) is 36.7 Å². The van der Waals surface area contributed by atoms with Crippen LogP contribution in [-0.4, -0.2) is 22.7 Å². The first kappa shape index (κ1) is 16.1. The fourth-order valence-corrected chi connectivity index (χ4v) is 1.78. The highest BCUT2D eigenvalue weighted by Gasteiger charge is 2.36. The lowest BCUT2D eigenvalue weighted by molar-refractivity contribution is -0.138. The molecule has 0 radical (unpaired) electrons. The van der Waals surface area contributed by atoms with Gasteiger partial charge in [-0.1, -0.05) is 13.8 Å². The molecule has 0 bridgehead atoms. The fourth-order valence-electron chi connectivity index (χ4n) is 1.78. The number of amides is 1. The molecule has 1 atom stereocenters. The van der Waals surface area contributed by atoms with E-state index in [1.165, 1.54) is 6.92 Å². The molecule has 0 saturated carbocycles. The number of carbonyl (C=O) groups excluding carboxylic acids is 2. The summed E-state index contributed by atoms with van der Waals surface area (Å²) in [6.07, 6.45) is -2.85. The molecule has 0 saturated heterocycles. The van der Waals surface area contributed by atoms with Crippen molar-refractivity contribution in [2.75, 3.05) is 0 Å². The number of pyridine rings is 1. The summed E-state index contributed by atoms with van der Waals surface area (Å²) in [7, 11) is 0. The first-order valence-electron chi connectivity index (χ1n) is 5.97. The topological polar surface area (TPSA) is 59.1 Å². The monoisotopic (exact) mass is 288 g/mol. The van der Waals surface area contributed by atoms with E-state index in [1.54, 1.807) is 13.8 Å². The predicted octanol–water partition coefficient (Wildman–Crippen LogP) is 2.44. The zero-order valence-corrected chi connectivity index (χ0v) is 11.3. The SMILES string of the molecule is CC(=O)C(NC(=O)c1cnccc1C(F)(F)F)C(C)C. The van der Waals surface area contributed by atoms with Crippen molar-refractivity contribution >= 4 is 11.7 Å². The molecular weight excluding hydrogens is 273 g/mol. The largest absolute Gasteiger partial charge is 0.417 e. The van der Waals surface area contributed by atoms with Gasteiger partial charge in [-0.2, -0.15) is 13.2 Å². The number of nitrogens with one attached hydrogen (secondary N) is 1. The number of hydrogen-bond acceptors (Lipinski definition) is 3. The van der Waals surface area contributed by atoms with Gasteiger partial charge in [0.2, 0.25) is 0 Å². The first-order chi connectivity index (χ1) is 9.14. The number of aromatic nitrogens is 1. The lowest BCUT2D eigenvalue weighted by Crippen LogP contribution is -2.43. The average Bonchev–Trinajstić information content (AvgIpc) is 2.33. The highest BCUT2D eigenvalue weighted by Crippen LogP contribution is 2.31. The molecule has 1 rings (SSSR count). The number of hydrogen-bond donors (Lipinski definition) is 1. The van der Waals surface area contributed by atoms with Crippen molar-refractivity contribution in [1.82, 2.24) is 10.3 Å². The molecule has 1 N–H and O–H groups in total. The Hall–Kier alpha value is -1.92. The molecule has 0 aromatic carbocycles. The number of ketones is 1. The molecule has 4 nitrogen and oxygen atoms in total. The van der Waals surface area contributed by atoms with Gasteiger partial charge < -0.3 is 5.32 Å². The Kier molecular flexibility index (Phi) is 4.86. The van der Waals surface area contributed by atoms with E-state index < -0.39 is 29.3 Å². The molecule has 0 aliphatic rings. The molecule has 110 valence electrons. The van der Waals surface area contributed by atoms with Crippen LogP contribution in [-0.2, 0) is 11.0 Å². The van der Waals surface area contributed by atoms with Crippen molar-refractivity contribution in [3.8, 4) is 0 Å². The second-order valence-electron chi connectivity index (χ2n) is 4.72. The molecule has 1 unspecified atom stereocenters. The lowest BCUT2D eigenvalue weighted by Gasteiger charge is -2.20. The minimum absolute atomic E-state index is 0.220. The molecule has 20 heavy (non-hydrogen) atoms. The van der Waals surface area contributed by atoms with Crippen LogP contribution < -0.4 is 5.32 Å². The Bertz CT molecular complexity index is 513. The van der Waals surface area contributed by atoms with Gasteiger partial charge in [0.15, 0.2) is 5.78 Å². The second-order valence-corrected chi connectivity index (χ2v) is 4.72. The summed E-state index contributed by atoms with van der Waals surface area (Å²) in [6, 6.07) is -0.101. The van der Waals surface area contributed by atoms with Crippen LogP contribution in [0.3, 0.4) is 0 Å². The van der Waals surface area contributed by atoms with Gasteiger partial charge in [-0.05, 0) is 18.9 Å². The van der Waals surface area contributed by atoms with Crippen LogP contribution in [0.15, 0.2) is 18.5 Å². The molecule has 0 fully saturated rings. The number of carbonyl (C=O) groups is 2. The van der Waals surface area contributed by atoms with Crippen LogP contribution >= 0.6 is 0 Å². The number of Topliss-reactive ketones (excluding diaryl/α,β-unsaturated/α-hetero) is 1. The van der Waals surface area contributed by atoms with Gasteiger partial charge >= 0.3 is 6.18 Å². The maximum Gasteiger partial charge on any atom is 0.417 e. The highest BCUT2D eigenvalue weighted by molar-refractivity contribution is 5.98. The Balaban J connectivity index is 3.07. The molecule has 1 aromatic rings. The number of alkyl halides is 3. The standard InChI is InChI=1S/C13H15F3N2O2/c1-7(2)11(8(3)19)18-12(20)9-6-17-5-4-10(9)13(14,15)16/h4-7,11H,1-3H3,(H,18,20). The zero-order valence-electron chi connectivity index (χ0n) is 11.3. The fraction of sp³-hybridized carbons (Fsp3) is 0.462. The van der Waals surface area contributed by atoms with Gasteiger partial charge in [0.25, 0.3) is 5.91 Å². The van der Waals surface area contributed by atoms with Crippen LogP contribution in [0.5, 0.6) is 0 Å². The van der Waals surface area contributed by atoms with E-state index >= 15 is 0 Å². The van der Waals surface area contributed by atoms with Crippen molar-refractivity contribution < 1.29 is 22.8 Å². The molecular formula is C13H15F3N2O2. The summed E-state index contributed by atoms with van der Waals surface area (Å²) in [5, 5.41) is 2.32. The normalized spacial score (nSPS) is 13.2. The van der Waals surface area contributed by atoms with Gasteiger partial charge in [-0.3, -0.25) is 14.6 Å². The molecule has 0 spiro atoms. The van der Waals surface area contributed by atoms with Crippen molar-refractivity contribution in [2.45, 2.75) is 33.0 Å². The quantitative estimate of drug-likeness (QED) is 0.925. The maximum atomic E-state index is 12.8. The van der Waals surface area contributed by atoms with Crippen LogP contribution in [0.25, 0.3) is 0 Å². The van der Waals surface area contributed by atoms with E-state index in [0.29, 0.717) is 0 Å². The molecule has 0 aliphatic heterocycles. The van der Waals surface area contributed by atoms with E-state index in [4.69, 9.17) is 0 Å². The number of rotatable bonds is 4. The minimum atomic E-state index is -4.65. The van der Waals surface area contributed by atoms with Gasteiger partial charge in [-0.25, -0.2) is 0 Å². The summed E-state index contributed by atoms with van der Waals surface area (Å²) in [6.45, 7) is 4.67. The molecule has 0 aliphatic carbocycles. The summed E-state index contributed by atoms with van der Waals surface area (Å²) >= 11 is 0. The van der Waals surface area contributed by atoms with Crippen LogP contribution in [0.4, 0.5) is 13.2 Å². The van der Waals surface area contributed by atoms with Crippen molar-refractivity contribution in [3.05, 3.63) is 29.6 Å². The Morgan fingerprint density at radius 1 is 1.30 bits per heavy atom. The number of nitrogens with zero attached hydrogens (tertiary/aromatic N) is 1. The second kappa shape index (κ2) is 6.02. The summed E-state index contributed by atoms with van der Waals surface area (Å²) in [5.74, 6) is -1.49. The average molecular weight is 288 g/mol. The zero-order chi connectivity index (χ0) is 15.5. The van der Waals surface area contributed by atoms with E-state index in [0.717, 1.165) is 18.5 Å². The Morgan fingerprint density at radius 3 is 2.35 bits per heavy atom. The summed E-state index contributed by atoms with van der Waals surface area (Å²) in [5.41, 5.74) is -1.66. The highest BCUT2D eigenvalue weighted by atomic mass is 19.4. The third kappa shape index (κ3) is 3.79. The van der Waals surface area contributed by atoms with Crippen molar-refractivity contribution in [3.63, 3.8) is 0 Å². The van der Waals surface area contributed by atoms with Gasteiger partial charge in [0, 0.05) is 12.4 Å². The predicted molar refractivity (Wildman–Crippen MR) is 66.0 cm³/mol. The van der Waals surface area contributed by atoms with Crippen LogP contribution in [0.2, 0.25) is 0 Å². The molecule has 1 heterocycles. The molecule has 7 heteroatoms. The van der Waals surface area contributed by atoms with Gasteiger partial charge in [-0.15, -0.1) is 0 Å². The minimum Gasteiger partial charge on any atom is -0.342 e. The third-order valence-electron chi connectivity index (χ3n) is 2.76. The smallest absolute Gasteiger partial charge is 0.342 e. The third-order valence-corrected chi connectivity index (χ3v) is 2.76. The first-order valence-corrected chi connectivity index (χ1v) is 5.97. The van der Waals surface area contributed by atoms with E-state index in [9.17, 15) is 22.8 Å². The van der Waals surface area contributed by atoms with Gasteiger partial charge in [0.1, 0.15) is 0 Å². The summed E-state index contributed by atoms with van der Waals surface area (Å²) < 4.78 is 38.4.